The van der Waals surface area contributed by atoms with Crippen LogP contribution in [0.3, 0.4) is 0 Å². The van der Waals surface area contributed by atoms with Crippen LogP contribution in [0, 0.1) is 56.7 Å². The molecule has 0 unspecified atom stereocenters. The molecule has 6 aliphatic rings. The summed E-state index contributed by atoms with van der Waals surface area (Å²) < 4.78 is 16.4. The average Bonchev–Trinajstić information content (AvgIpc) is 3.81. The highest BCUT2D eigenvalue weighted by Gasteiger charge is 2.72. The predicted molar refractivity (Wildman–Crippen MR) is 197 cm³/mol. The number of hydrogen-bond acceptors (Lipinski definition) is 7. The molecule has 2 saturated heterocycles. The van der Waals surface area contributed by atoms with E-state index in [1.165, 1.54) is 12.0 Å². The van der Waals surface area contributed by atoms with Crippen molar-refractivity contribution in [3.05, 3.63) is 42.5 Å². The minimum Gasteiger partial charge on any atom is -0.481 e. The van der Waals surface area contributed by atoms with Crippen LogP contribution in [0.2, 0.25) is 0 Å². The largest absolute Gasteiger partial charge is 0.481 e. The zero-order valence-corrected chi connectivity index (χ0v) is 32.0. The van der Waals surface area contributed by atoms with Gasteiger partial charge in [-0.25, -0.2) is 9.67 Å². The number of nitrogens with zero attached hydrogens (tertiary/aromatic N) is 4. The normalized spacial score (nSPS) is 43.9. The summed E-state index contributed by atoms with van der Waals surface area (Å²) in [6.45, 7) is 19.4. The van der Waals surface area contributed by atoms with Gasteiger partial charge in [0.1, 0.15) is 6.33 Å². The summed E-state index contributed by atoms with van der Waals surface area (Å²) in [6, 6.07) is 4.35. The Kier molecular flexibility index (Phi) is 8.66. The van der Waals surface area contributed by atoms with Gasteiger partial charge in [-0.15, -0.1) is 0 Å². The van der Waals surface area contributed by atoms with Gasteiger partial charge in [0, 0.05) is 29.4 Å². The molecule has 4 aliphatic carbocycles. The van der Waals surface area contributed by atoms with E-state index in [2.05, 4.69) is 69.5 Å². The van der Waals surface area contributed by atoms with Gasteiger partial charge >= 0.3 is 5.97 Å². The molecule has 9 nitrogen and oxygen atoms in total. The Hall–Kier alpha value is -2.62. The predicted octanol–water partition coefficient (Wildman–Crippen LogP) is 7.61. The van der Waals surface area contributed by atoms with E-state index in [1.54, 1.807) is 6.33 Å². The van der Waals surface area contributed by atoms with E-state index in [-0.39, 0.29) is 45.1 Å². The van der Waals surface area contributed by atoms with Gasteiger partial charge in [0.05, 0.1) is 37.9 Å². The lowest BCUT2D eigenvalue weighted by molar-refractivity contribution is -0.252. The number of nitrogens with one attached hydrogen (secondary N) is 1. The molecule has 9 heteroatoms. The quantitative estimate of drug-likeness (QED) is 0.271. The van der Waals surface area contributed by atoms with Crippen molar-refractivity contribution in [2.45, 2.75) is 118 Å². The molecule has 12 atom stereocenters. The number of aliphatic carboxylic acids is 1. The van der Waals surface area contributed by atoms with Crippen LogP contribution in [-0.4, -0.2) is 69.3 Å². The molecule has 2 aromatic heterocycles. The fourth-order valence-corrected chi connectivity index (χ4v) is 13.4. The fourth-order valence-electron chi connectivity index (χ4n) is 13.4. The lowest BCUT2D eigenvalue weighted by Gasteiger charge is -2.71. The number of aromatic nitrogens is 4. The summed E-state index contributed by atoms with van der Waals surface area (Å²) in [5.41, 5.74) is 1.29. The highest BCUT2D eigenvalue weighted by Crippen LogP contribution is 2.75. The van der Waals surface area contributed by atoms with Crippen LogP contribution < -0.4 is 5.32 Å². The molecule has 2 N–H and O–H groups in total. The second kappa shape index (κ2) is 12.5. The van der Waals surface area contributed by atoms with Crippen LogP contribution in [0.15, 0.2) is 42.5 Å². The van der Waals surface area contributed by atoms with Gasteiger partial charge in [-0.2, -0.15) is 5.10 Å². The van der Waals surface area contributed by atoms with Crippen LogP contribution in [0.25, 0.3) is 11.4 Å². The molecule has 278 valence electrons. The molecule has 2 aromatic rings. The maximum absolute atomic E-state index is 13.6. The van der Waals surface area contributed by atoms with Crippen molar-refractivity contribution in [3.8, 4) is 11.4 Å². The topological polar surface area (TPSA) is 111 Å². The Balaban J connectivity index is 1.27. The Morgan fingerprint density at radius 2 is 1.86 bits per heavy atom. The minimum atomic E-state index is -0.617. The highest BCUT2D eigenvalue weighted by molar-refractivity contribution is 5.73. The van der Waals surface area contributed by atoms with E-state index in [9.17, 15) is 9.90 Å². The molecule has 0 spiro atoms. The van der Waals surface area contributed by atoms with E-state index >= 15 is 0 Å². The van der Waals surface area contributed by atoms with Crippen LogP contribution in [0.1, 0.15) is 106 Å². The number of rotatable bonds is 8. The van der Waals surface area contributed by atoms with Gasteiger partial charge in [-0.3, -0.25) is 9.78 Å². The van der Waals surface area contributed by atoms with Crippen molar-refractivity contribution >= 4 is 5.97 Å². The first kappa shape index (κ1) is 35.4. The average molecular weight is 700 g/mol. The first-order valence-electron chi connectivity index (χ1n) is 20.0. The van der Waals surface area contributed by atoms with Crippen LogP contribution in [-0.2, 0) is 14.3 Å². The maximum Gasteiger partial charge on any atom is 0.307 e. The highest BCUT2D eigenvalue weighted by atomic mass is 16.5. The SMILES string of the molecule is CC(C)[C@@H](C)[C@@]1(C)CC[C@]2(C)[C@H]3CC[C@@H]4[C@@]5(C)COC[C@@]4(C3=CC[C@@]2(C)[C@@H]1C(=O)O)[C@@H](OC[C@H]1CCCN1)[C@H](n1ncnc1-c1ccncc1)C5. The van der Waals surface area contributed by atoms with E-state index in [0.717, 1.165) is 69.5 Å². The molecular weight excluding hydrogens is 638 g/mol. The smallest absolute Gasteiger partial charge is 0.307 e. The summed E-state index contributed by atoms with van der Waals surface area (Å²) in [7, 11) is 0. The third kappa shape index (κ3) is 5.02. The number of hydrogen-bond donors (Lipinski definition) is 2. The lowest BCUT2D eigenvalue weighted by Crippen LogP contribution is -2.70. The second-order valence-corrected chi connectivity index (χ2v) is 19.0. The molecule has 8 rings (SSSR count). The van der Waals surface area contributed by atoms with Gasteiger partial charge in [0.15, 0.2) is 5.82 Å². The van der Waals surface area contributed by atoms with Crippen LogP contribution in [0.5, 0.6) is 0 Å². The van der Waals surface area contributed by atoms with Crippen molar-refractivity contribution in [1.29, 1.82) is 0 Å². The number of carboxylic acid groups (broad SMARTS) is 1. The molecule has 2 aliphatic heterocycles. The van der Waals surface area contributed by atoms with E-state index in [4.69, 9.17) is 19.6 Å². The van der Waals surface area contributed by atoms with Gasteiger partial charge in [0.25, 0.3) is 0 Å². The summed E-state index contributed by atoms with van der Waals surface area (Å²) in [5.74, 6) is 1.23. The lowest BCUT2D eigenvalue weighted by atomic mass is 9.34. The second-order valence-electron chi connectivity index (χ2n) is 19.0. The molecule has 51 heavy (non-hydrogen) atoms. The van der Waals surface area contributed by atoms with Crippen molar-refractivity contribution < 1.29 is 19.4 Å². The third-order valence-corrected chi connectivity index (χ3v) is 16.5. The Bertz CT molecular complexity index is 1650. The summed E-state index contributed by atoms with van der Waals surface area (Å²) in [6.07, 6.45) is 15.9. The number of carboxylic acids is 1. The number of pyridine rings is 1. The number of allylic oxidation sites excluding steroid dienone is 1. The van der Waals surface area contributed by atoms with Gasteiger partial charge in [-0.1, -0.05) is 60.1 Å². The first-order valence-corrected chi connectivity index (χ1v) is 20.0. The Morgan fingerprint density at radius 1 is 1.08 bits per heavy atom. The molecule has 4 heterocycles. The van der Waals surface area contributed by atoms with Crippen LogP contribution >= 0.6 is 0 Å². The zero-order chi connectivity index (χ0) is 36.0. The van der Waals surface area contributed by atoms with E-state index in [0.29, 0.717) is 37.0 Å². The Morgan fingerprint density at radius 3 is 2.57 bits per heavy atom. The van der Waals surface area contributed by atoms with Gasteiger partial charge in [-0.05, 0) is 115 Å². The molecule has 3 saturated carbocycles. The van der Waals surface area contributed by atoms with Crippen molar-refractivity contribution in [2.75, 3.05) is 26.4 Å². The van der Waals surface area contributed by atoms with Crippen molar-refractivity contribution in [1.82, 2.24) is 25.1 Å². The van der Waals surface area contributed by atoms with Crippen LogP contribution in [0.4, 0.5) is 0 Å². The zero-order valence-electron chi connectivity index (χ0n) is 32.0. The molecular formula is C42H61N5O4. The van der Waals surface area contributed by atoms with E-state index in [1.807, 2.05) is 24.5 Å². The number of fused-ring (bicyclic) bond motifs is 3. The Labute approximate surface area is 304 Å². The number of ether oxygens (including phenoxy) is 2. The monoisotopic (exact) mass is 699 g/mol. The van der Waals surface area contributed by atoms with Crippen molar-refractivity contribution in [3.63, 3.8) is 0 Å². The third-order valence-electron chi connectivity index (χ3n) is 16.5. The summed E-state index contributed by atoms with van der Waals surface area (Å²) in [5, 5.41) is 19.8. The molecule has 0 aromatic carbocycles. The standard InChI is InChI=1S/C42H61N5O4/c1-26(2)27(3)39(5)16-17-40(6)30-10-11-33-38(4)21-32(47-36(45-25-46-47)28-13-19-43-20-14-28)35(51-22-29-9-8-18-44-29)42(33,24-50-23-38)31(30)12-15-41(40,7)34(39)37(48)49/h12-14,19-20,25-27,29-30,32-35,44H,8-11,15-18,21-24H2,1-7H3,(H,48,49)/t27-,29-,30+,32-,33-,34-,35+,38-,39-,40-,41+,42+/m1/s1. The first-order chi connectivity index (χ1) is 24.3. The summed E-state index contributed by atoms with van der Waals surface area (Å²) in [4.78, 5) is 22.7. The summed E-state index contributed by atoms with van der Waals surface area (Å²) >= 11 is 0. The minimum absolute atomic E-state index is 0.0312. The fraction of sp³-hybridized carbons (Fsp3) is 0.762. The maximum atomic E-state index is 13.6. The molecule has 5 fully saturated rings. The van der Waals surface area contributed by atoms with Crippen molar-refractivity contribution in [2.24, 2.45) is 56.7 Å². The number of carbonyl (C=O) groups is 1. The molecule has 0 amide bonds. The van der Waals surface area contributed by atoms with Gasteiger partial charge < -0.3 is 19.9 Å². The molecule has 0 radical (unpaired) electrons. The van der Waals surface area contributed by atoms with Gasteiger partial charge in [0.2, 0.25) is 0 Å². The molecule has 2 bridgehead atoms. The van der Waals surface area contributed by atoms with E-state index < -0.39 is 11.9 Å².